The first kappa shape index (κ1) is 18.3. The molecule has 4 rings (SSSR count). The Bertz CT molecular complexity index is 1160. The first-order valence-corrected chi connectivity index (χ1v) is 9.78. The van der Waals surface area contributed by atoms with Gasteiger partial charge in [-0.2, -0.15) is 0 Å². The number of thiazole rings is 1. The summed E-state index contributed by atoms with van der Waals surface area (Å²) in [5.41, 5.74) is 5.85. The summed E-state index contributed by atoms with van der Waals surface area (Å²) in [6.07, 6.45) is 1.84. The maximum absolute atomic E-state index is 12.5. The Morgan fingerprint density at radius 2 is 2.07 bits per heavy atom. The fourth-order valence-corrected chi connectivity index (χ4v) is 3.86. The molecule has 0 aliphatic carbocycles. The predicted molar refractivity (Wildman–Crippen MR) is 112 cm³/mol. The average molecular weight is 392 g/mol. The highest BCUT2D eigenvalue weighted by molar-refractivity contribution is 7.14. The molecule has 2 aromatic heterocycles. The standard InChI is InChI=1S/C22H20N2O3S/c1-13-4-5-14(2)18(8-13)19-12-28-22(23-19)24-21(25)9-15-11-27-20-10-16(26-3)6-7-17(15)20/h4-8,10-12H,9H2,1-3H3,(H,23,24,25). The molecule has 0 unspecified atom stereocenters. The van der Waals surface area contributed by atoms with E-state index in [0.717, 1.165) is 33.5 Å². The summed E-state index contributed by atoms with van der Waals surface area (Å²) in [7, 11) is 1.61. The monoisotopic (exact) mass is 392 g/mol. The van der Waals surface area contributed by atoms with E-state index in [-0.39, 0.29) is 12.3 Å². The molecule has 0 aliphatic heterocycles. The Balaban J connectivity index is 1.49. The van der Waals surface area contributed by atoms with E-state index < -0.39 is 0 Å². The van der Waals surface area contributed by atoms with Crippen LogP contribution >= 0.6 is 11.3 Å². The van der Waals surface area contributed by atoms with Crippen molar-refractivity contribution in [3.63, 3.8) is 0 Å². The summed E-state index contributed by atoms with van der Waals surface area (Å²) in [4.78, 5) is 17.1. The highest BCUT2D eigenvalue weighted by Gasteiger charge is 2.14. The summed E-state index contributed by atoms with van der Waals surface area (Å²) in [6.45, 7) is 4.12. The van der Waals surface area contributed by atoms with E-state index in [9.17, 15) is 4.79 Å². The maximum atomic E-state index is 12.5. The number of fused-ring (bicyclic) bond motifs is 1. The number of ether oxygens (including phenoxy) is 1. The van der Waals surface area contributed by atoms with Crippen molar-refractivity contribution in [2.24, 2.45) is 0 Å². The van der Waals surface area contributed by atoms with Crippen LogP contribution in [0, 0.1) is 13.8 Å². The van der Waals surface area contributed by atoms with Gasteiger partial charge in [0, 0.05) is 28.0 Å². The van der Waals surface area contributed by atoms with Crippen LogP contribution in [0.1, 0.15) is 16.7 Å². The molecule has 0 radical (unpaired) electrons. The predicted octanol–water partition coefficient (Wildman–Crippen LogP) is 5.36. The second kappa shape index (κ2) is 7.48. The van der Waals surface area contributed by atoms with Crippen molar-refractivity contribution >= 4 is 33.3 Å². The van der Waals surface area contributed by atoms with Crippen LogP contribution in [0.4, 0.5) is 5.13 Å². The van der Waals surface area contributed by atoms with Crippen molar-refractivity contribution in [3.8, 4) is 17.0 Å². The largest absolute Gasteiger partial charge is 0.497 e. The van der Waals surface area contributed by atoms with Gasteiger partial charge in [0.25, 0.3) is 0 Å². The molecule has 142 valence electrons. The van der Waals surface area contributed by atoms with E-state index in [2.05, 4.69) is 42.3 Å². The van der Waals surface area contributed by atoms with Crippen molar-refractivity contribution in [1.29, 1.82) is 0 Å². The number of nitrogens with zero attached hydrogens (tertiary/aromatic N) is 1. The highest BCUT2D eigenvalue weighted by Crippen LogP contribution is 2.29. The molecule has 2 aromatic carbocycles. The number of carbonyl (C=O) groups excluding carboxylic acids is 1. The van der Waals surface area contributed by atoms with Crippen molar-refractivity contribution in [3.05, 3.63) is 64.7 Å². The molecule has 28 heavy (non-hydrogen) atoms. The van der Waals surface area contributed by atoms with Gasteiger partial charge in [-0.05, 0) is 37.6 Å². The average Bonchev–Trinajstić information content (AvgIpc) is 3.30. The number of anilines is 1. The van der Waals surface area contributed by atoms with E-state index in [1.807, 2.05) is 23.6 Å². The van der Waals surface area contributed by atoms with Gasteiger partial charge in [0.15, 0.2) is 5.13 Å². The molecule has 1 N–H and O–H groups in total. The van der Waals surface area contributed by atoms with Crippen LogP contribution in [-0.2, 0) is 11.2 Å². The van der Waals surface area contributed by atoms with Crippen molar-refractivity contribution in [2.75, 3.05) is 12.4 Å². The lowest BCUT2D eigenvalue weighted by Gasteiger charge is -2.04. The quantitative estimate of drug-likeness (QED) is 0.496. The molecule has 0 fully saturated rings. The third-order valence-corrected chi connectivity index (χ3v) is 5.39. The van der Waals surface area contributed by atoms with E-state index in [1.54, 1.807) is 13.4 Å². The number of carbonyl (C=O) groups is 1. The Hall–Kier alpha value is -3.12. The summed E-state index contributed by atoms with van der Waals surface area (Å²) in [5.74, 6) is 0.597. The van der Waals surface area contributed by atoms with Crippen LogP contribution in [-0.4, -0.2) is 18.0 Å². The van der Waals surface area contributed by atoms with Gasteiger partial charge in [-0.3, -0.25) is 4.79 Å². The minimum Gasteiger partial charge on any atom is -0.497 e. The minimum absolute atomic E-state index is 0.125. The lowest BCUT2D eigenvalue weighted by atomic mass is 10.0. The van der Waals surface area contributed by atoms with Gasteiger partial charge in [0.2, 0.25) is 5.91 Å². The van der Waals surface area contributed by atoms with E-state index in [1.165, 1.54) is 16.9 Å². The Morgan fingerprint density at radius 3 is 2.89 bits per heavy atom. The first-order valence-electron chi connectivity index (χ1n) is 8.90. The van der Waals surface area contributed by atoms with E-state index >= 15 is 0 Å². The van der Waals surface area contributed by atoms with Gasteiger partial charge in [-0.1, -0.05) is 17.7 Å². The molecule has 4 aromatic rings. The number of methoxy groups -OCH3 is 1. The normalized spacial score (nSPS) is 11.0. The van der Waals surface area contributed by atoms with Crippen LogP contribution in [0.25, 0.3) is 22.2 Å². The lowest BCUT2D eigenvalue weighted by Crippen LogP contribution is -2.14. The number of rotatable bonds is 5. The number of benzene rings is 2. The molecule has 5 nitrogen and oxygen atoms in total. The smallest absolute Gasteiger partial charge is 0.230 e. The first-order chi connectivity index (χ1) is 13.5. The third kappa shape index (κ3) is 3.64. The van der Waals surface area contributed by atoms with Crippen molar-refractivity contribution in [2.45, 2.75) is 20.3 Å². The minimum atomic E-state index is -0.125. The Labute approximate surface area is 167 Å². The molecule has 0 saturated heterocycles. The van der Waals surface area contributed by atoms with Crippen molar-refractivity contribution < 1.29 is 13.9 Å². The Morgan fingerprint density at radius 1 is 1.21 bits per heavy atom. The molecule has 0 atom stereocenters. The van der Waals surface area contributed by atoms with Crippen LogP contribution in [0.15, 0.2) is 52.5 Å². The molecular formula is C22H20N2O3S. The van der Waals surface area contributed by atoms with Crippen LogP contribution in [0.5, 0.6) is 5.75 Å². The third-order valence-electron chi connectivity index (χ3n) is 4.63. The molecular weight excluding hydrogens is 372 g/mol. The number of hydrogen-bond acceptors (Lipinski definition) is 5. The number of nitrogens with one attached hydrogen (secondary N) is 1. The molecule has 0 spiro atoms. The van der Waals surface area contributed by atoms with E-state index in [4.69, 9.17) is 9.15 Å². The zero-order valence-electron chi connectivity index (χ0n) is 15.9. The summed E-state index contributed by atoms with van der Waals surface area (Å²) in [6, 6.07) is 11.9. The highest BCUT2D eigenvalue weighted by atomic mass is 32.1. The maximum Gasteiger partial charge on any atom is 0.230 e. The second-order valence-corrected chi connectivity index (χ2v) is 7.56. The van der Waals surface area contributed by atoms with Gasteiger partial charge in [0.1, 0.15) is 11.3 Å². The number of hydrogen-bond donors (Lipinski definition) is 1. The summed E-state index contributed by atoms with van der Waals surface area (Å²) < 4.78 is 10.8. The van der Waals surface area contributed by atoms with Gasteiger partial charge < -0.3 is 14.5 Å². The number of furan rings is 1. The topological polar surface area (TPSA) is 64.4 Å². The fraction of sp³-hybridized carbons (Fsp3) is 0.182. The molecule has 2 heterocycles. The zero-order chi connectivity index (χ0) is 19.7. The van der Waals surface area contributed by atoms with Gasteiger partial charge in [0.05, 0.1) is 25.5 Å². The summed E-state index contributed by atoms with van der Waals surface area (Å²) >= 11 is 1.43. The summed E-state index contributed by atoms with van der Waals surface area (Å²) in [5, 5.41) is 6.36. The number of amides is 1. The lowest BCUT2D eigenvalue weighted by molar-refractivity contribution is -0.115. The van der Waals surface area contributed by atoms with Gasteiger partial charge >= 0.3 is 0 Å². The molecule has 0 saturated carbocycles. The molecule has 0 bridgehead atoms. The SMILES string of the molecule is COc1ccc2c(CC(=O)Nc3nc(-c4cc(C)ccc4C)cs3)coc2c1. The van der Waals surface area contributed by atoms with Crippen LogP contribution < -0.4 is 10.1 Å². The zero-order valence-corrected chi connectivity index (χ0v) is 16.7. The Kier molecular flexibility index (Phi) is 4.88. The van der Waals surface area contributed by atoms with Crippen LogP contribution in [0.2, 0.25) is 0 Å². The van der Waals surface area contributed by atoms with Crippen molar-refractivity contribution in [1.82, 2.24) is 4.98 Å². The molecule has 0 aliphatic rings. The fourth-order valence-electron chi connectivity index (χ4n) is 3.13. The van der Waals surface area contributed by atoms with E-state index in [0.29, 0.717) is 10.7 Å². The molecule has 6 heteroatoms. The number of aromatic nitrogens is 1. The second-order valence-electron chi connectivity index (χ2n) is 6.70. The van der Waals surface area contributed by atoms with Crippen LogP contribution in [0.3, 0.4) is 0 Å². The molecule has 1 amide bonds. The van der Waals surface area contributed by atoms with Gasteiger partial charge in [-0.15, -0.1) is 11.3 Å². The van der Waals surface area contributed by atoms with Gasteiger partial charge in [-0.25, -0.2) is 4.98 Å². The number of aryl methyl sites for hydroxylation is 2.